The third-order valence-electron chi connectivity index (χ3n) is 1.94. The topological polar surface area (TPSA) is 55.8 Å². The van der Waals surface area contributed by atoms with Gasteiger partial charge in [-0.15, -0.1) is 0 Å². The molecule has 0 bridgehead atoms. The molecule has 5 nitrogen and oxygen atoms in total. The summed E-state index contributed by atoms with van der Waals surface area (Å²) in [5.41, 5.74) is 0. The van der Waals surface area contributed by atoms with E-state index in [1.165, 1.54) is 0 Å². The van der Waals surface area contributed by atoms with Crippen LogP contribution in [0, 0.1) is 5.92 Å². The van der Waals surface area contributed by atoms with Crippen molar-refractivity contribution in [1.29, 1.82) is 0 Å². The van der Waals surface area contributed by atoms with E-state index in [9.17, 15) is 9.59 Å². The quantitative estimate of drug-likeness (QED) is 0.368. The Hall–Kier alpha value is -0.940. The smallest absolute Gasteiger partial charge is 0.327 e. The summed E-state index contributed by atoms with van der Waals surface area (Å²) in [5, 5.41) is 0. The molecule has 0 radical (unpaired) electrons. The second-order valence-corrected chi connectivity index (χ2v) is 4.03. The van der Waals surface area contributed by atoms with Crippen LogP contribution in [0.25, 0.3) is 0 Å². The molecular weight excluding hydrogens is 198 g/mol. The molecule has 0 saturated carbocycles. The van der Waals surface area contributed by atoms with Gasteiger partial charge in [-0.3, -0.25) is 14.5 Å². The number of carbonyl (C=O) groups excluding carboxylic acids is 2. The highest BCUT2D eigenvalue weighted by Crippen LogP contribution is 2.00. The number of rotatable bonds is 5. The zero-order chi connectivity index (χ0) is 11.3. The number of hydrogen-bond donors (Lipinski definition) is 0. The van der Waals surface area contributed by atoms with Crippen LogP contribution < -0.4 is 0 Å². The molecule has 0 amide bonds. The molecule has 1 aliphatic rings. The SMILES string of the molecule is CC(C)COCCN1CC(=O)OC(=O)C1. The molecule has 15 heavy (non-hydrogen) atoms. The molecular formula is C10H17NO4. The van der Waals surface area contributed by atoms with E-state index in [4.69, 9.17) is 4.74 Å². The van der Waals surface area contributed by atoms with Gasteiger partial charge in [0.1, 0.15) is 0 Å². The van der Waals surface area contributed by atoms with Crippen LogP contribution >= 0.6 is 0 Å². The molecule has 0 N–H and O–H groups in total. The Kier molecular flexibility index (Phi) is 4.71. The molecule has 1 aliphatic heterocycles. The van der Waals surface area contributed by atoms with Crippen molar-refractivity contribution >= 4 is 11.9 Å². The van der Waals surface area contributed by atoms with Crippen LogP contribution in [0.1, 0.15) is 13.8 Å². The number of cyclic esters (lactones) is 2. The lowest BCUT2D eigenvalue weighted by atomic mass is 10.2. The first kappa shape index (κ1) is 12.1. The fourth-order valence-corrected chi connectivity index (χ4v) is 1.28. The van der Waals surface area contributed by atoms with E-state index in [1.807, 2.05) is 0 Å². The minimum atomic E-state index is -0.477. The average molecular weight is 215 g/mol. The van der Waals surface area contributed by atoms with Crippen molar-refractivity contribution in [3.63, 3.8) is 0 Å². The highest BCUT2D eigenvalue weighted by molar-refractivity contribution is 5.90. The molecule has 1 rings (SSSR count). The van der Waals surface area contributed by atoms with Gasteiger partial charge in [-0.05, 0) is 5.92 Å². The molecule has 86 valence electrons. The molecule has 0 aliphatic carbocycles. The molecule has 1 heterocycles. The van der Waals surface area contributed by atoms with Gasteiger partial charge in [-0.2, -0.15) is 0 Å². The van der Waals surface area contributed by atoms with Crippen molar-refractivity contribution in [3.05, 3.63) is 0 Å². The van der Waals surface area contributed by atoms with Gasteiger partial charge in [0, 0.05) is 13.2 Å². The lowest BCUT2D eigenvalue weighted by Gasteiger charge is -2.23. The van der Waals surface area contributed by atoms with Gasteiger partial charge in [-0.25, -0.2) is 0 Å². The Labute approximate surface area is 89.3 Å². The van der Waals surface area contributed by atoms with E-state index in [0.717, 1.165) is 0 Å². The van der Waals surface area contributed by atoms with Crippen LogP contribution in [-0.2, 0) is 19.1 Å². The Morgan fingerprint density at radius 1 is 1.33 bits per heavy atom. The summed E-state index contributed by atoms with van der Waals surface area (Å²) in [6.07, 6.45) is 0. The molecule has 5 heteroatoms. The van der Waals surface area contributed by atoms with Gasteiger partial charge in [-0.1, -0.05) is 13.8 Å². The van der Waals surface area contributed by atoms with E-state index in [2.05, 4.69) is 18.6 Å². The van der Waals surface area contributed by atoms with Crippen LogP contribution in [0.5, 0.6) is 0 Å². The van der Waals surface area contributed by atoms with Crippen molar-refractivity contribution in [1.82, 2.24) is 4.90 Å². The molecule has 1 saturated heterocycles. The Bertz CT molecular complexity index is 224. The minimum Gasteiger partial charge on any atom is -0.391 e. The zero-order valence-corrected chi connectivity index (χ0v) is 9.19. The Morgan fingerprint density at radius 3 is 2.47 bits per heavy atom. The van der Waals surface area contributed by atoms with Crippen LogP contribution in [-0.4, -0.2) is 49.7 Å². The van der Waals surface area contributed by atoms with Gasteiger partial charge in [0.25, 0.3) is 0 Å². The fourth-order valence-electron chi connectivity index (χ4n) is 1.28. The molecule has 1 fully saturated rings. The van der Waals surface area contributed by atoms with Crippen molar-refractivity contribution in [3.8, 4) is 0 Å². The zero-order valence-electron chi connectivity index (χ0n) is 9.19. The number of hydrogen-bond acceptors (Lipinski definition) is 5. The number of esters is 2. The Balaban J connectivity index is 2.15. The van der Waals surface area contributed by atoms with E-state index >= 15 is 0 Å². The van der Waals surface area contributed by atoms with Crippen molar-refractivity contribution in [2.45, 2.75) is 13.8 Å². The lowest BCUT2D eigenvalue weighted by molar-refractivity contribution is -0.167. The predicted molar refractivity (Wildman–Crippen MR) is 53.2 cm³/mol. The summed E-state index contributed by atoms with van der Waals surface area (Å²) in [5.74, 6) is -0.455. The maximum absolute atomic E-state index is 10.9. The normalized spacial score (nSPS) is 18.3. The molecule has 0 atom stereocenters. The van der Waals surface area contributed by atoms with Crippen molar-refractivity contribution in [2.75, 3.05) is 32.8 Å². The fraction of sp³-hybridized carbons (Fsp3) is 0.800. The first-order valence-electron chi connectivity index (χ1n) is 5.11. The number of morpholine rings is 1. The van der Waals surface area contributed by atoms with E-state index in [0.29, 0.717) is 25.7 Å². The van der Waals surface area contributed by atoms with Crippen molar-refractivity contribution in [2.24, 2.45) is 5.92 Å². The molecule has 0 unspecified atom stereocenters. The summed E-state index contributed by atoms with van der Waals surface area (Å²) >= 11 is 0. The first-order valence-corrected chi connectivity index (χ1v) is 5.11. The van der Waals surface area contributed by atoms with Crippen LogP contribution in [0.4, 0.5) is 0 Å². The molecule has 0 spiro atoms. The largest absolute Gasteiger partial charge is 0.391 e. The predicted octanol–water partition coefficient (Wildman–Crippen LogP) is 0.0444. The number of ether oxygens (including phenoxy) is 2. The van der Waals surface area contributed by atoms with Crippen LogP contribution in [0.15, 0.2) is 0 Å². The Morgan fingerprint density at radius 2 is 1.93 bits per heavy atom. The standard InChI is InChI=1S/C10H17NO4/c1-8(2)7-14-4-3-11-5-9(12)15-10(13)6-11/h8H,3-7H2,1-2H3. The summed E-state index contributed by atoms with van der Waals surface area (Å²) in [4.78, 5) is 23.5. The lowest BCUT2D eigenvalue weighted by Crippen LogP contribution is -2.44. The molecule has 0 aromatic heterocycles. The second-order valence-electron chi connectivity index (χ2n) is 4.03. The second kappa shape index (κ2) is 5.82. The maximum atomic E-state index is 10.9. The molecule has 0 aromatic carbocycles. The van der Waals surface area contributed by atoms with E-state index < -0.39 is 11.9 Å². The third kappa shape index (κ3) is 4.90. The summed E-state index contributed by atoms with van der Waals surface area (Å²) < 4.78 is 9.76. The maximum Gasteiger partial charge on any atom is 0.327 e. The highest BCUT2D eigenvalue weighted by Gasteiger charge is 2.24. The van der Waals surface area contributed by atoms with E-state index in [-0.39, 0.29) is 13.1 Å². The average Bonchev–Trinajstić information content (AvgIpc) is 2.10. The van der Waals surface area contributed by atoms with Gasteiger partial charge in [0.05, 0.1) is 19.7 Å². The van der Waals surface area contributed by atoms with Gasteiger partial charge >= 0.3 is 11.9 Å². The van der Waals surface area contributed by atoms with Crippen molar-refractivity contribution < 1.29 is 19.1 Å². The summed E-state index contributed by atoms with van der Waals surface area (Å²) in [6.45, 7) is 6.33. The minimum absolute atomic E-state index is 0.177. The monoisotopic (exact) mass is 215 g/mol. The van der Waals surface area contributed by atoms with Crippen LogP contribution in [0.3, 0.4) is 0 Å². The van der Waals surface area contributed by atoms with Gasteiger partial charge in [0.2, 0.25) is 0 Å². The van der Waals surface area contributed by atoms with Crippen LogP contribution in [0.2, 0.25) is 0 Å². The van der Waals surface area contributed by atoms with E-state index in [1.54, 1.807) is 4.90 Å². The molecule has 0 aromatic rings. The van der Waals surface area contributed by atoms with Gasteiger partial charge in [0.15, 0.2) is 0 Å². The summed E-state index contributed by atoms with van der Waals surface area (Å²) in [7, 11) is 0. The van der Waals surface area contributed by atoms with Gasteiger partial charge < -0.3 is 9.47 Å². The number of carbonyl (C=O) groups is 2. The first-order chi connectivity index (χ1) is 7.08. The highest BCUT2D eigenvalue weighted by atomic mass is 16.6. The number of nitrogens with zero attached hydrogens (tertiary/aromatic N) is 1. The third-order valence-corrected chi connectivity index (χ3v) is 1.94. The summed E-state index contributed by atoms with van der Waals surface area (Å²) in [6, 6.07) is 0.